The van der Waals surface area contributed by atoms with Crippen LogP contribution in [0.5, 0.6) is 0 Å². The van der Waals surface area contributed by atoms with Gasteiger partial charge in [-0.3, -0.25) is 9.78 Å². The molecule has 1 saturated carbocycles. The minimum atomic E-state index is -2.98. The van der Waals surface area contributed by atoms with Gasteiger partial charge in [0.15, 0.2) is 11.3 Å². The van der Waals surface area contributed by atoms with Gasteiger partial charge in [0.25, 0.3) is 12.4 Å². The second-order valence-corrected chi connectivity index (χ2v) is 8.29. The van der Waals surface area contributed by atoms with Crippen LogP contribution in [0.4, 0.5) is 13.2 Å². The van der Waals surface area contributed by atoms with Gasteiger partial charge < -0.3 is 10.5 Å². The highest BCUT2D eigenvalue weighted by Gasteiger charge is 2.64. The van der Waals surface area contributed by atoms with Gasteiger partial charge in [-0.1, -0.05) is 42.5 Å². The van der Waals surface area contributed by atoms with Gasteiger partial charge in [0, 0.05) is 29.7 Å². The van der Waals surface area contributed by atoms with E-state index in [0.29, 0.717) is 12.0 Å². The zero-order chi connectivity index (χ0) is 23.2. The van der Waals surface area contributed by atoms with Gasteiger partial charge in [-0.25, -0.2) is 18.2 Å². The summed E-state index contributed by atoms with van der Waals surface area (Å²) in [5.74, 6) is -1.80. The van der Waals surface area contributed by atoms with Gasteiger partial charge in [-0.2, -0.15) is 0 Å². The zero-order valence-electron chi connectivity index (χ0n) is 17.4. The molecular formula is C25H20F3N3O2. The fourth-order valence-corrected chi connectivity index (χ4v) is 4.43. The van der Waals surface area contributed by atoms with Crippen LogP contribution >= 0.6 is 0 Å². The lowest BCUT2D eigenvalue weighted by molar-refractivity contribution is 0.0176. The summed E-state index contributed by atoms with van der Waals surface area (Å²) in [5, 5.41) is 0. The van der Waals surface area contributed by atoms with Crippen molar-refractivity contribution in [1.82, 2.24) is 4.98 Å². The number of rotatable bonds is 6. The van der Waals surface area contributed by atoms with Crippen LogP contribution < -0.4 is 5.73 Å². The number of ether oxygens (including phenoxy) is 1. The lowest BCUT2D eigenvalue weighted by Gasteiger charge is -2.33. The maximum atomic E-state index is 14.8. The lowest BCUT2D eigenvalue weighted by Crippen LogP contribution is -2.43. The number of carbonyl (C=O) groups excluding carboxylic acids is 1. The second kappa shape index (κ2) is 8.03. The average molecular weight is 451 g/mol. The van der Waals surface area contributed by atoms with Crippen LogP contribution in [-0.4, -0.2) is 29.3 Å². The number of aliphatic imine (C=N–C) groups is 1. The third kappa shape index (κ3) is 3.75. The van der Waals surface area contributed by atoms with E-state index in [4.69, 9.17) is 10.5 Å². The topological polar surface area (TPSA) is 77.6 Å². The van der Waals surface area contributed by atoms with Crippen molar-refractivity contribution in [1.29, 1.82) is 0 Å². The number of aromatic nitrogens is 1. The predicted octanol–water partition coefficient (Wildman–Crippen LogP) is 4.51. The summed E-state index contributed by atoms with van der Waals surface area (Å²) in [6, 6.07) is 16.4. The summed E-state index contributed by atoms with van der Waals surface area (Å²) < 4.78 is 48.5. The van der Waals surface area contributed by atoms with Gasteiger partial charge in [0.1, 0.15) is 17.6 Å². The highest BCUT2D eigenvalue weighted by molar-refractivity contribution is 5.96. The molecule has 0 amide bonds. The molecule has 2 aliphatic rings. The second-order valence-electron chi connectivity index (χ2n) is 8.29. The molecular weight excluding hydrogens is 431 g/mol. The zero-order valence-corrected chi connectivity index (χ0v) is 17.4. The fourth-order valence-electron chi connectivity index (χ4n) is 4.43. The van der Waals surface area contributed by atoms with Crippen LogP contribution in [0.1, 0.15) is 28.0 Å². The number of halogens is 3. The van der Waals surface area contributed by atoms with Gasteiger partial charge in [-0.15, -0.1) is 0 Å². The Hall–Kier alpha value is -3.68. The standard InChI is InChI=1S/C25H20F3N3O2/c26-19-8-6-14(10-17(19)25(23(27)28)18-12-22(18)33-24(29)31-25)11-21(32)20-9-7-16(13-30-20)15-4-2-1-3-5-15/h1-10,13,18,22-23H,11-12H2,(H2,29,31)/t18-,22+,25+/m0/s1. The van der Waals surface area contributed by atoms with Crippen LogP contribution in [0.15, 0.2) is 71.9 Å². The molecule has 1 aliphatic carbocycles. The Labute approximate surface area is 188 Å². The minimum absolute atomic E-state index is 0.117. The molecule has 168 valence electrons. The number of fused-ring (bicyclic) bond motifs is 1. The van der Waals surface area contributed by atoms with Crippen molar-refractivity contribution < 1.29 is 22.7 Å². The molecule has 1 fully saturated rings. The van der Waals surface area contributed by atoms with E-state index in [2.05, 4.69) is 9.98 Å². The maximum absolute atomic E-state index is 14.8. The third-order valence-corrected chi connectivity index (χ3v) is 6.18. The Morgan fingerprint density at radius 2 is 1.91 bits per heavy atom. The number of ketones is 1. The number of alkyl halides is 2. The summed E-state index contributed by atoms with van der Waals surface area (Å²) in [6.07, 6.45) is -1.68. The first-order valence-corrected chi connectivity index (χ1v) is 10.5. The number of nitrogens with zero attached hydrogens (tertiary/aromatic N) is 2. The van der Waals surface area contributed by atoms with E-state index in [0.717, 1.165) is 17.2 Å². The number of carbonyl (C=O) groups is 1. The lowest BCUT2D eigenvalue weighted by atomic mass is 9.83. The Kier molecular flexibility index (Phi) is 5.15. The molecule has 1 aliphatic heterocycles. The normalized spacial score (nSPS) is 23.5. The molecule has 2 N–H and O–H groups in total. The number of pyridine rings is 1. The van der Waals surface area contributed by atoms with Crippen LogP contribution in [0, 0.1) is 11.7 Å². The van der Waals surface area contributed by atoms with E-state index >= 15 is 0 Å². The van der Waals surface area contributed by atoms with Crippen molar-refractivity contribution >= 4 is 11.8 Å². The Balaban J connectivity index is 1.42. The van der Waals surface area contributed by atoms with E-state index in [1.165, 1.54) is 12.1 Å². The highest BCUT2D eigenvalue weighted by atomic mass is 19.3. The predicted molar refractivity (Wildman–Crippen MR) is 116 cm³/mol. The third-order valence-electron chi connectivity index (χ3n) is 6.18. The van der Waals surface area contributed by atoms with E-state index in [9.17, 15) is 18.0 Å². The molecule has 0 unspecified atom stereocenters. The molecule has 2 aromatic carbocycles. The summed E-state index contributed by atoms with van der Waals surface area (Å²) in [7, 11) is 0. The van der Waals surface area contributed by atoms with Crippen LogP contribution in [0.2, 0.25) is 0 Å². The molecule has 0 saturated heterocycles. The number of benzene rings is 2. The Morgan fingerprint density at radius 3 is 2.61 bits per heavy atom. The van der Waals surface area contributed by atoms with Crippen molar-refractivity contribution in [3.05, 3.63) is 89.5 Å². The molecule has 0 spiro atoms. The number of nitrogens with two attached hydrogens (primary N) is 1. The Morgan fingerprint density at radius 1 is 1.12 bits per heavy atom. The van der Waals surface area contributed by atoms with E-state index in [-0.39, 0.29) is 29.5 Å². The minimum Gasteiger partial charge on any atom is -0.462 e. The maximum Gasteiger partial charge on any atom is 0.283 e. The first kappa shape index (κ1) is 21.2. The molecule has 0 radical (unpaired) electrons. The van der Waals surface area contributed by atoms with Crippen LogP contribution in [-0.2, 0) is 16.7 Å². The molecule has 1 aromatic heterocycles. The molecule has 3 atom stereocenters. The smallest absolute Gasteiger partial charge is 0.283 e. The molecule has 3 aromatic rings. The Bertz CT molecular complexity index is 1230. The molecule has 33 heavy (non-hydrogen) atoms. The van der Waals surface area contributed by atoms with Crippen molar-refractivity contribution in [2.45, 2.75) is 30.9 Å². The first-order valence-electron chi connectivity index (χ1n) is 10.5. The molecule has 0 bridgehead atoms. The van der Waals surface area contributed by atoms with E-state index < -0.39 is 29.8 Å². The van der Waals surface area contributed by atoms with Crippen molar-refractivity contribution in [3.63, 3.8) is 0 Å². The summed E-state index contributed by atoms with van der Waals surface area (Å²) in [5.41, 5.74) is 5.69. The fraction of sp³-hybridized carbons (Fsp3) is 0.240. The van der Waals surface area contributed by atoms with Gasteiger partial charge in [-0.05, 0) is 35.7 Å². The molecule has 5 rings (SSSR count). The number of hydrogen-bond acceptors (Lipinski definition) is 5. The average Bonchev–Trinajstić information content (AvgIpc) is 3.60. The van der Waals surface area contributed by atoms with Crippen LogP contribution in [0.25, 0.3) is 11.1 Å². The van der Waals surface area contributed by atoms with Crippen molar-refractivity contribution in [2.75, 3.05) is 0 Å². The monoisotopic (exact) mass is 451 g/mol. The number of Topliss-reactive ketones (excluding diaryl/α,β-unsaturated/α-hetero) is 1. The van der Waals surface area contributed by atoms with Gasteiger partial charge in [0.05, 0.1) is 0 Å². The molecule has 5 nitrogen and oxygen atoms in total. The first-order chi connectivity index (χ1) is 15.9. The summed E-state index contributed by atoms with van der Waals surface area (Å²) >= 11 is 0. The van der Waals surface area contributed by atoms with Gasteiger partial charge >= 0.3 is 0 Å². The van der Waals surface area contributed by atoms with E-state index in [1.54, 1.807) is 18.3 Å². The largest absolute Gasteiger partial charge is 0.462 e. The quantitative estimate of drug-likeness (QED) is 0.560. The number of amidine groups is 1. The van der Waals surface area contributed by atoms with Crippen LogP contribution in [0.3, 0.4) is 0 Å². The molecule has 8 heteroatoms. The SMILES string of the molecule is NC1=N[C@@](c2cc(CC(=O)c3ccc(-c4ccccc4)cn3)ccc2F)(C(F)F)[C@H]2C[C@H]2O1. The van der Waals surface area contributed by atoms with E-state index in [1.807, 2.05) is 30.3 Å². The summed E-state index contributed by atoms with van der Waals surface area (Å²) in [4.78, 5) is 20.9. The summed E-state index contributed by atoms with van der Waals surface area (Å²) in [6.45, 7) is 0. The molecule has 2 heterocycles. The van der Waals surface area contributed by atoms with Gasteiger partial charge in [0.2, 0.25) is 0 Å². The highest BCUT2D eigenvalue weighted by Crippen LogP contribution is 2.56. The van der Waals surface area contributed by atoms with Crippen molar-refractivity contribution in [3.8, 4) is 11.1 Å². The van der Waals surface area contributed by atoms with Crippen molar-refractivity contribution in [2.24, 2.45) is 16.6 Å². The number of hydrogen-bond donors (Lipinski definition) is 1.